The molecule has 0 bridgehead atoms. The average molecular weight is 439 g/mol. The third-order valence-corrected chi connectivity index (χ3v) is 6.69. The minimum Gasteiger partial charge on any atom is -0.379 e. The van der Waals surface area contributed by atoms with Crippen molar-refractivity contribution in [3.63, 3.8) is 0 Å². The lowest BCUT2D eigenvalue weighted by Gasteiger charge is -2.29. The van der Waals surface area contributed by atoms with E-state index in [4.69, 9.17) is 9.72 Å². The monoisotopic (exact) mass is 438 g/mol. The van der Waals surface area contributed by atoms with Gasteiger partial charge >= 0.3 is 0 Å². The van der Waals surface area contributed by atoms with Gasteiger partial charge in [0, 0.05) is 51.5 Å². The van der Waals surface area contributed by atoms with Crippen LogP contribution in [0.25, 0.3) is 10.2 Å². The maximum atomic E-state index is 13.6. The molecule has 1 aliphatic heterocycles. The third kappa shape index (κ3) is 4.89. The molecule has 0 N–H and O–H groups in total. The summed E-state index contributed by atoms with van der Waals surface area (Å²) in [6, 6.07) is 12.1. The van der Waals surface area contributed by atoms with Gasteiger partial charge in [-0.3, -0.25) is 14.6 Å². The highest BCUT2D eigenvalue weighted by Crippen LogP contribution is 2.32. The minimum atomic E-state index is -0.00741. The molecule has 0 spiro atoms. The zero-order valence-electron chi connectivity index (χ0n) is 18.7. The van der Waals surface area contributed by atoms with Crippen LogP contribution in [0.4, 0.5) is 10.8 Å². The molecule has 6 nitrogen and oxygen atoms in total. The summed E-state index contributed by atoms with van der Waals surface area (Å²) in [4.78, 5) is 24.7. The first kappa shape index (κ1) is 21.7. The lowest BCUT2D eigenvalue weighted by atomic mass is 10.1. The van der Waals surface area contributed by atoms with E-state index >= 15 is 0 Å². The lowest BCUT2D eigenvalue weighted by Crippen LogP contribution is -2.43. The van der Waals surface area contributed by atoms with Crippen molar-refractivity contribution in [3.05, 3.63) is 53.1 Å². The van der Waals surface area contributed by atoms with Crippen LogP contribution in [-0.4, -0.2) is 69.3 Å². The number of morpholine rings is 1. The Bertz CT molecular complexity index is 1060. The highest BCUT2D eigenvalue weighted by atomic mass is 32.1. The molecule has 1 aliphatic rings. The molecule has 2 heterocycles. The van der Waals surface area contributed by atoms with Gasteiger partial charge in [-0.15, -0.1) is 0 Å². The number of amides is 1. The normalized spacial score (nSPS) is 14.7. The summed E-state index contributed by atoms with van der Waals surface area (Å²) in [7, 11) is 3.99. The van der Waals surface area contributed by atoms with E-state index in [-0.39, 0.29) is 5.91 Å². The summed E-state index contributed by atoms with van der Waals surface area (Å²) in [5.41, 5.74) is 5.10. The SMILES string of the molecule is Cc1cc(C)c2nc(N(CCN3CCOCC3)C(=O)c3ccc(N(C)C)cc3)sc2c1. The summed E-state index contributed by atoms with van der Waals surface area (Å²) in [5, 5.41) is 0.763. The van der Waals surface area contributed by atoms with Gasteiger partial charge in [0.05, 0.1) is 23.4 Å². The van der Waals surface area contributed by atoms with Crippen molar-refractivity contribution in [2.45, 2.75) is 13.8 Å². The standard InChI is InChI=1S/C24H30N4O2S/c1-17-15-18(2)22-21(16-17)31-24(25-22)28(10-9-27-11-13-30-14-12-27)23(29)19-5-7-20(8-6-19)26(3)4/h5-8,15-16H,9-14H2,1-4H3. The summed E-state index contributed by atoms with van der Waals surface area (Å²) in [6.07, 6.45) is 0. The number of carbonyl (C=O) groups is 1. The molecule has 0 saturated carbocycles. The van der Waals surface area contributed by atoms with Gasteiger partial charge in [0.1, 0.15) is 0 Å². The van der Waals surface area contributed by atoms with Crippen molar-refractivity contribution in [2.75, 3.05) is 63.3 Å². The Morgan fingerprint density at radius 2 is 1.84 bits per heavy atom. The number of carbonyl (C=O) groups excluding carboxylic acids is 1. The quantitative estimate of drug-likeness (QED) is 0.583. The molecule has 0 unspecified atom stereocenters. The number of aromatic nitrogens is 1. The highest BCUT2D eigenvalue weighted by Gasteiger charge is 2.23. The fourth-order valence-electron chi connectivity index (χ4n) is 3.88. The number of ether oxygens (including phenoxy) is 1. The van der Waals surface area contributed by atoms with E-state index in [0.717, 1.165) is 59.4 Å². The predicted octanol–water partition coefficient (Wildman–Crippen LogP) is 3.96. The molecule has 3 aromatic rings. The van der Waals surface area contributed by atoms with E-state index in [0.29, 0.717) is 12.1 Å². The van der Waals surface area contributed by atoms with Gasteiger partial charge in [-0.2, -0.15) is 0 Å². The van der Waals surface area contributed by atoms with E-state index in [1.807, 2.05) is 48.2 Å². The van der Waals surface area contributed by atoms with Crippen LogP contribution in [0.1, 0.15) is 21.5 Å². The minimum absolute atomic E-state index is 0.00741. The highest BCUT2D eigenvalue weighted by molar-refractivity contribution is 7.22. The number of benzene rings is 2. The van der Waals surface area contributed by atoms with Crippen molar-refractivity contribution in [2.24, 2.45) is 0 Å². The number of aryl methyl sites for hydroxylation is 2. The molecule has 1 saturated heterocycles. The molecule has 164 valence electrons. The zero-order valence-corrected chi connectivity index (χ0v) is 19.5. The third-order valence-electron chi connectivity index (χ3n) is 5.67. The summed E-state index contributed by atoms with van der Waals surface area (Å²) in [5.74, 6) is -0.00741. The Kier molecular flexibility index (Phi) is 6.55. The number of hydrogen-bond acceptors (Lipinski definition) is 6. The van der Waals surface area contributed by atoms with Gasteiger partial charge in [0.25, 0.3) is 5.91 Å². The van der Waals surface area contributed by atoms with Crippen molar-refractivity contribution < 1.29 is 9.53 Å². The summed E-state index contributed by atoms with van der Waals surface area (Å²) < 4.78 is 6.59. The number of hydrogen-bond donors (Lipinski definition) is 0. The number of anilines is 2. The zero-order chi connectivity index (χ0) is 22.0. The Labute approximate surface area is 188 Å². The maximum absolute atomic E-state index is 13.6. The summed E-state index contributed by atoms with van der Waals surface area (Å²) in [6.45, 7) is 8.89. The van der Waals surface area contributed by atoms with Gasteiger partial charge in [0.15, 0.2) is 5.13 Å². The number of thiazole rings is 1. The van der Waals surface area contributed by atoms with Crippen molar-refractivity contribution >= 4 is 38.3 Å². The van der Waals surface area contributed by atoms with Crippen molar-refractivity contribution in [3.8, 4) is 0 Å². The van der Waals surface area contributed by atoms with Crippen molar-refractivity contribution in [1.82, 2.24) is 9.88 Å². The first-order valence-electron chi connectivity index (χ1n) is 10.7. The van der Waals surface area contributed by atoms with Crippen LogP contribution in [-0.2, 0) is 4.74 Å². The molecule has 7 heteroatoms. The molecule has 1 aromatic heterocycles. The first-order valence-corrected chi connectivity index (χ1v) is 11.5. The Hall–Kier alpha value is -2.48. The van der Waals surface area contributed by atoms with Crippen molar-refractivity contribution in [1.29, 1.82) is 0 Å². The lowest BCUT2D eigenvalue weighted by molar-refractivity contribution is 0.0391. The van der Waals surface area contributed by atoms with Gasteiger partial charge < -0.3 is 9.64 Å². The molecule has 0 radical (unpaired) electrons. The second-order valence-corrected chi connectivity index (χ2v) is 9.29. The molecule has 4 rings (SSSR count). The molecule has 1 fully saturated rings. The van der Waals surface area contributed by atoms with E-state index in [9.17, 15) is 4.79 Å². The van der Waals surface area contributed by atoms with Crippen LogP contribution in [0, 0.1) is 13.8 Å². The molecular weight excluding hydrogens is 408 g/mol. The Morgan fingerprint density at radius 3 is 2.52 bits per heavy atom. The number of nitrogens with zero attached hydrogens (tertiary/aromatic N) is 4. The average Bonchev–Trinajstić information content (AvgIpc) is 3.18. The molecule has 2 aromatic carbocycles. The van der Waals surface area contributed by atoms with Crippen LogP contribution in [0.5, 0.6) is 0 Å². The van der Waals surface area contributed by atoms with Crippen LogP contribution < -0.4 is 9.80 Å². The number of fused-ring (bicyclic) bond motifs is 1. The van der Waals surface area contributed by atoms with Gasteiger partial charge in [-0.1, -0.05) is 17.4 Å². The van der Waals surface area contributed by atoms with Crippen LogP contribution >= 0.6 is 11.3 Å². The van der Waals surface area contributed by atoms with E-state index in [1.165, 1.54) is 5.56 Å². The first-order chi connectivity index (χ1) is 14.9. The van der Waals surface area contributed by atoms with Crippen LogP contribution in [0.3, 0.4) is 0 Å². The van der Waals surface area contributed by atoms with Gasteiger partial charge in [0.2, 0.25) is 0 Å². The Morgan fingerprint density at radius 1 is 1.13 bits per heavy atom. The second kappa shape index (κ2) is 9.34. The van der Waals surface area contributed by atoms with Crippen LogP contribution in [0.2, 0.25) is 0 Å². The Balaban J connectivity index is 1.65. The maximum Gasteiger partial charge on any atom is 0.260 e. The van der Waals surface area contributed by atoms with Crippen LogP contribution in [0.15, 0.2) is 36.4 Å². The molecule has 1 amide bonds. The van der Waals surface area contributed by atoms with E-state index in [1.54, 1.807) is 11.3 Å². The summed E-state index contributed by atoms with van der Waals surface area (Å²) >= 11 is 1.59. The molecule has 31 heavy (non-hydrogen) atoms. The molecular formula is C24H30N4O2S. The number of rotatable bonds is 6. The van der Waals surface area contributed by atoms with Gasteiger partial charge in [-0.05, 0) is 55.3 Å². The van der Waals surface area contributed by atoms with Gasteiger partial charge in [-0.25, -0.2) is 4.98 Å². The smallest absolute Gasteiger partial charge is 0.260 e. The van der Waals surface area contributed by atoms with E-state index < -0.39 is 0 Å². The second-order valence-electron chi connectivity index (χ2n) is 8.28. The van der Waals surface area contributed by atoms with E-state index in [2.05, 4.69) is 30.9 Å². The largest absolute Gasteiger partial charge is 0.379 e. The molecule has 0 aliphatic carbocycles. The predicted molar refractivity (Wildman–Crippen MR) is 129 cm³/mol. The fourth-order valence-corrected chi connectivity index (χ4v) is 5.05. The molecule has 0 atom stereocenters. The fraction of sp³-hybridized carbons (Fsp3) is 0.417. The topological polar surface area (TPSA) is 48.9 Å².